The van der Waals surface area contributed by atoms with Gasteiger partial charge in [0.15, 0.2) is 5.78 Å². The van der Waals surface area contributed by atoms with E-state index < -0.39 is 17.7 Å². The summed E-state index contributed by atoms with van der Waals surface area (Å²) in [6.45, 7) is 1.16. The summed E-state index contributed by atoms with van der Waals surface area (Å²) in [5.74, 6) is -1.86. The van der Waals surface area contributed by atoms with Crippen LogP contribution in [0.3, 0.4) is 0 Å². The van der Waals surface area contributed by atoms with Crippen LogP contribution in [0.4, 0.5) is 15.8 Å². The van der Waals surface area contributed by atoms with Crippen LogP contribution >= 0.6 is 0 Å². The van der Waals surface area contributed by atoms with Gasteiger partial charge in [-0.15, -0.1) is 0 Å². The van der Waals surface area contributed by atoms with E-state index in [0.29, 0.717) is 11.3 Å². The molecular weight excluding hydrogens is 327 g/mol. The molecule has 6 nitrogen and oxygen atoms in total. The molecule has 2 aromatic carbocycles. The van der Waals surface area contributed by atoms with Crippen LogP contribution in [-0.4, -0.2) is 31.3 Å². The topological polar surface area (TPSA) is 84.5 Å². The molecule has 130 valence electrons. The highest BCUT2D eigenvalue weighted by Gasteiger charge is 2.12. The molecule has 0 bridgehead atoms. The first-order chi connectivity index (χ1) is 11.9. The van der Waals surface area contributed by atoms with Crippen molar-refractivity contribution in [2.24, 2.45) is 0 Å². The van der Waals surface area contributed by atoms with Gasteiger partial charge in [-0.1, -0.05) is 12.1 Å². The molecule has 0 saturated carbocycles. The Bertz CT molecular complexity index is 820. The van der Waals surface area contributed by atoms with E-state index in [2.05, 4.69) is 15.4 Å². The maximum Gasteiger partial charge on any atom is 0.337 e. The number of methoxy groups -OCH3 is 1. The van der Waals surface area contributed by atoms with Crippen molar-refractivity contribution in [3.8, 4) is 0 Å². The molecule has 0 aliphatic rings. The molecule has 0 spiro atoms. The fraction of sp³-hybridized carbons (Fsp3) is 0.167. The Kier molecular flexibility index (Phi) is 5.84. The van der Waals surface area contributed by atoms with Gasteiger partial charge in [0.1, 0.15) is 5.82 Å². The minimum absolute atomic E-state index is 0.00194. The van der Waals surface area contributed by atoms with E-state index in [9.17, 15) is 18.8 Å². The lowest BCUT2D eigenvalue weighted by atomic mass is 10.1. The number of anilines is 2. The van der Waals surface area contributed by atoms with Crippen LogP contribution in [0.15, 0.2) is 42.5 Å². The van der Waals surface area contributed by atoms with Crippen LogP contribution in [-0.2, 0) is 9.53 Å². The normalized spacial score (nSPS) is 10.0. The summed E-state index contributed by atoms with van der Waals surface area (Å²) in [5, 5.41) is 5.22. The van der Waals surface area contributed by atoms with Gasteiger partial charge in [0, 0.05) is 5.56 Å². The molecule has 25 heavy (non-hydrogen) atoms. The van der Waals surface area contributed by atoms with Crippen LogP contribution in [0, 0.1) is 5.82 Å². The van der Waals surface area contributed by atoms with Crippen molar-refractivity contribution in [1.29, 1.82) is 0 Å². The summed E-state index contributed by atoms with van der Waals surface area (Å²) in [6.07, 6.45) is 0. The average molecular weight is 344 g/mol. The lowest BCUT2D eigenvalue weighted by molar-refractivity contribution is -0.114. The number of ketones is 1. The van der Waals surface area contributed by atoms with Crippen LogP contribution in [0.1, 0.15) is 27.6 Å². The third-order valence-electron chi connectivity index (χ3n) is 3.41. The van der Waals surface area contributed by atoms with Gasteiger partial charge in [-0.3, -0.25) is 9.59 Å². The Balaban J connectivity index is 2.06. The van der Waals surface area contributed by atoms with E-state index in [-0.39, 0.29) is 23.6 Å². The Hall–Kier alpha value is -3.22. The third kappa shape index (κ3) is 4.63. The van der Waals surface area contributed by atoms with Gasteiger partial charge in [0.25, 0.3) is 0 Å². The fourth-order valence-electron chi connectivity index (χ4n) is 2.17. The van der Waals surface area contributed by atoms with E-state index in [0.717, 1.165) is 6.07 Å². The number of carbonyl (C=O) groups is 3. The smallest absolute Gasteiger partial charge is 0.337 e. The second-order valence-corrected chi connectivity index (χ2v) is 5.19. The number of ether oxygens (including phenoxy) is 1. The first-order valence-electron chi connectivity index (χ1n) is 7.44. The van der Waals surface area contributed by atoms with Gasteiger partial charge < -0.3 is 15.4 Å². The lowest BCUT2D eigenvalue weighted by Crippen LogP contribution is -2.23. The van der Waals surface area contributed by atoms with Crippen LogP contribution in [0.2, 0.25) is 0 Å². The van der Waals surface area contributed by atoms with Crippen molar-refractivity contribution in [2.75, 3.05) is 24.3 Å². The number of amides is 1. The fourth-order valence-corrected chi connectivity index (χ4v) is 2.17. The quantitative estimate of drug-likeness (QED) is 0.622. The summed E-state index contributed by atoms with van der Waals surface area (Å²) < 4.78 is 18.4. The number of hydrogen-bond donors (Lipinski definition) is 2. The molecule has 2 rings (SSSR count). The molecule has 0 saturated heterocycles. The van der Waals surface area contributed by atoms with Crippen molar-refractivity contribution in [2.45, 2.75) is 6.92 Å². The van der Waals surface area contributed by atoms with E-state index in [1.807, 2.05) is 0 Å². The Morgan fingerprint density at radius 1 is 1.08 bits per heavy atom. The number of hydrogen-bond acceptors (Lipinski definition) is 5. The zero-order valence-electron chi connectivity index (χ0n) is 13.8. The first kappa shape index (κ1) is 18.1. The Morgan fingerprint density at radius 3 is 2.48 bits per heavy atom. The average Bonchev–Trinajstić information content (AvgIpc) is 2.60. The molecule has 0 aromatic heterocycles. The Labute approximate surface area is 144 Å². The summed E-state index contributed by atoms with van der Waals surface area (Å²) in [4.78, 5) is 35.1. The molecule has 0 atom stereocenters. The monoisotopic (exact) mass is 344 g/mol. The van der Waals surface area contributed by atoms with Gasteiger partial charge in [-0.05, 0) is 37.3 Å². The number of Topliss-reactive ketones (excluding diaryl/α,β-unsaturated/α-hetero) is 1. The molecule has 0 radical (unpaired) electrons. The number of halogens is 1. The van der Waals surface area contributed by atoms with Crippen LogP contribution < -0.4 is 10.6 Å². The van der Waals surface area contributed by atoms with E-state index in [4.69, 9.17) is 0 Å². The summed E-state index contributed by atoms with van der Waals surface area (Å²) in [7, 11) is 1.22. The van der Waals surface area contributed by atoms with Crippen molar-refractivity contribution >= 4 is 29.0 Å². The molecule has 2 N–H and O–H groups in total. The van der Waals surface area contributed by atoms with Crippen LogP contribution in [0.25, 0.3) is 0 Å². The molecule has 0 fully saturated rings. The number of nitrogens with one attached hydrogen (secondary N) is 2. The summed E-state index contributed by atoms with van der Waals surface area (Å²) in [5.41, 5.74) is 0.923. The highest BCUT2D eigenvalue weighted by Crippen LogP contribution is 2.18. The highest BCUT2D eigenvalue weighted by molar-refractivity contribution is 6.04. The molecule has 0 heterocycles. The van der Waals surface area contributed by atoms with Crippen molar-refractivity contribution < 1.29 is 23.5 Å². The predicted molar refractivity (Wildman–Crippen MR) is 91.3 cm³/mol. The van der Waals surface area contributed by atoms with Gasteiger partial charge in [0.05, 0.1) is 30.6 Å². The SMILES string of the molecule is COC(=O)c1ccc(F)c(NCC(=O)Nc2ccccc2C(C)=O)c1. The highest BCUT2D eigenvalue weighted by atomic mass is 19.1. The minimum Gasteiger partial charge on any atom is -0.465 e. The number of esters is 1. The van der Waals surface area contributed by atoms with Crippen molar-refractivity contribution in [3.05, 3.63) is 59.4 Å². The molecule has 0 unspecified atom stereocenters. The van der Waals surface area contributed by atoms with Gasteiger partial charge in [0.2, 0.25) is 5.91 Å². The second kappa shape index (κ2) is 8.05. The molecule has 1 amide bonds. The van der Waals surface area contributed by atoms with Crippen molar-refractivity contribution in [3.63, 3.8) is 0 Å². The van der Waals surface area contributed by atoms with E-state index in [1.54, 1.807) is 24.3 Å². The number of rotatable bonds is 6. The minimum atomic E-state index is -0.608. The largest absolute Gasteiger partial charge is 0.465 e. The zero-order chi connectivity index (χ0) is 18.4. The van der Waals surface area contributed by atoms with E-state index in [1.165, 1.54) is 26.2 Å². The molecular formula is C18H17FN2O4. The van der Waals surface area contributed by atoms with E-state index >= 15 is 0 Å². The van der Waals surface area contributed by atoms with Gasteiger partial charge in [-0.25, -0.2) is 9.18 Å². The number of benzene rings is 2. The lowest BCUT2D eigenvalue weighted by Gasteiger charge is -2.11. The number of carbonyl (C=O) groups excluding carboxylic acids is 3. The predicted octanol–water partition coefficient (Wildman–Crippen LogP) is 2.87. The maximum atomic E-state index is 13.8. The maximum absolute atomic E-state index is 13.8. The third-order valence-corrected chi connectivity index (χ3v) is 3.41. The second-order valence-electron chi connectivity index (χ2n) is 5.19. The molecule has 0 aliphatic heterocycles. The molecule has 2 aromatic rings. The molecule has 0 aliphatic carbocycles. The Morgan fingerprint density at radius 2 is 1.80 bits per heavy atom. The molecule has 7 heteroatoms. The first-order valence-corrected chi connectivity index (χ1v) is 7.44. The van der Waals surface area contributed by atoms with Gasteiger partial charge in [-0.2, -0.15) is 0 Å². The summed E-state index contributed by atoms with van der Waals surface area (Å²) in [6, 6.07) is 10.2. The number of para-hydroxylation sites is 1. The van der Waals surface area contributed by atoms with Crippen LogP contribution in [0.5, 0.6) is 0 Å². The standard InChI is InChI=1S/C18H17FN2O4/c1-11(22)13-5-3-4-6-15(13)21-17(23)10-20-16-9-12(18(24)25-2)7-8-14(16)19/h3-9,20H,10H2,1-2H3,(H,21,23). The van der Waals surface area contributed by atoms with Gasteiger partial charge >= 0.3 is 5.97 Å². The zero-order valence-corrected chi connectivity index (χ0v) is 13.8. The summed E-state index contributed by atoms with van der Waals surface area (Å²) >= 11 is 0. The van der Waals surface area contributed by atoms with Crippen molar-refractivity contribution in [1.82, 2.24) is 0 Å².